The highest BCUT2D eigenvalue weighted by Crippen LogP contribution is 2.26. The van der Waals surface area contributed by atoms with Crippen molar-refractivity contribution in [1.82, 2.24) is 0 Å². The van der Waals surface area contributed by atoms with Crippen LogP contribution in [-0.4, -0.2) is 25.6 Å². The lowest BCUT2D eigenvalue weighted by Gasteiger charge is -2.23. The molecule has 1 aliphatic heterocycles. The maximum Gasteiger partial charge on any atom is 0.157 e. The zero-order chi connectivity index (χ0) is 15.4. The summed E-state index contributed by atoms with van der Waals surface area (Å²) in [5.74, 6) is 0.267. The van der Waals surface area contributed by atoms with Gasteiger partial charge in [0.2, 0.25) is 0 Å². The zero-order valence-electron chi connectivity index (χ0n) is 12.2. The maximum atomic E-state index is 6.84. The van der Waals surface area contributed by atoms with Crippen LogP contribution in [0.4, 0.5) is 11.4 Å². The molecule has 1 fully saturated rings. The van der Waals surface area contributed by atoms with Crippen LogP contribution in [0.5, 0.6) is 0 Å². The maximum absolute atomic E-state index is 6.84. The molecule has 22 heavy (non-hydrogen) atoms. The number of nitrogens with zero attached hydrogens (tertiary/aromatic N) is 4. The van der Waals surface area contributed by atoms with Crippen LogP contribution < -0.4 is 15.5 Å². The number of hydrogen-bond acceptors (Lipinski definition) is 4. The summed E-state index contributed by atoms with van der Waals surface area (Å²) < 4.78 is 0. The second-order valence-electron chi connectivity index (χ2n) is 5.11. The molecule has 0 atom stereocenters. The number of amidine groups is 1. The van der Waals surface area contributed by atoms with E-state index in [0.717, 1.165) is 31.0 Å². The lowest BCUT2D eigenvalue weighted by Crippen LogP contribution is -2.27. The van der Waals surface area contributed by atoms with Crippen molar-refractivity contribution in [3.05, 3.63) is 60.2 Å². The van der Waals surface area contributed by atoms with E-state index in [9.17, 15) is 0 Å². The smallest absolute Gasteiger partial charge is 0.157 e. The van der Waals surface area contributed by atoms with E-state index in [1.807, 2.05) is 42.5 Å². The summed E-state index contributed by atoms with van der Waals surface area (Å²) in [5, 5.41) is 6.68. The molecule has 0 bridgehead atoms. The van der Waals surface area contributed by atoms with E-state index in [2.05, 4.69) is 32.3 Å². The van der Waals surface area contributed by atoms with E-state index in [0.29, 0.717) is 0 Å². The molecule has 0 amide bonds. The normalized spacial score (nSPS) is 15.2. The fraction of sp³-hybridized carbons (Fsp3) is 0.188. The van der Waals surface area contributed by atoms with Crippen LogP contribution >= 0.6 is 0 Å². The Bertz CT molecular complexity index is 682. The average molecular weight is 294 g/mol. The number of rotatable bonds is 4. The van der Waals surface area contributed by atoms with Gasteiger partial charge in [-0.15, -0.1) is 5.10 Å². The molecular weight excluding hydrogens is 276 g/mol. The van der Waals surface area contributed by atoms with Crippen molar-refractivity contribution < 1.29 is 0 Å². The SMILES string of the molecule is N=N/N=C(\N)c1ccccc1N1CCN(c2ccccc2)C1. The van der Waals surface area contributed by atoms with Crippen molar-refractivity contribution in [2.45, 2.75) is 0 Å². The third kappa shape index (κ3) is 2.76. The third-order valence-corrected chi connectivity index (χ3v) is 3.78. The molecule has 0 aliphatic carbocycles. The molecule has 2 aromatic rings. The predicted octanol–water partition coefficient (Wildman–Crippen LogP) is 2.62. The van der Waals surface area contributed by atoms with Crippen molar-refractivity contribution in [2.24, 2.45) is 16.1 Å². The fourth-order valence-electron chi connectivity index (χ4n) is 2.71. The van der Waals surface area contributed by atoms with Gasteiger partial charge in [0.15, 0.2) is 5.84 Å². The number of anilines is 2. The Balaban J connectivity index is 1.85. The first-order valence-corrected chi connectivity index (χ1v) is 7.14. The molecule has 0 saturated carbocycles. The number of benzene rings is 2. The Morgan fingerprint density at radius 1 is 0.955 bits per heavy atom. The summed E-state index contributed by atoms with van der Waals surface area (Å²) in [6.45, 7) is 2.67. The van der Waals surface area contributed by atoms with Gasteiger partial charge in [-0.1, -0.05) is 35.6 Å². The van der Waals surface area contributed by atoms with Gasteiger partial charge in [0, 0.05) is 30.0 Å². The van der Waals surface area contributed by atoms with Gasteiger partial charge in [-0.05, 0) is 24.3 Å². The summed E-state index contributed by atoms with van der Waals surface area (Å²) in [5.41, 5.74) is 15.8. The molecule has 1 aliphatic rings. The molecule has 3 rings (SSSR count). The second kappa shape index (κ2) is 6.26. The Kier molecular flexibility index (Phi) is 4.00. The van der Waals surface area contributed by atoms with E-state index < -0.39 is 0 Å². The average Bonchev–Trinajstić information content (AvgIpc) is 3.06. The largest absolute Gasteiger partial charge is 0.382 e. The van der Waals surface area contributed by atoms with Crippen molar-refractivity contribution in [3.8, 4) is 0 Å². The van der Waals surface area contributed by atoms with Crippen molar-refractivity contribution in [1.29, 1.82) is 5.53 Å². The van der Waals surface area contributed by atoms with Crippen LogP contribution in [0.25, 0.3) is 0 Å². The highest BCUT2D eigenvalue weighted by molar-refractivity contribution is 6.02. The minimum atomic E-state index is 0.267. The molecule has 0 spiro atoms. The van der Waals surface area contributed by atoms with E-state index in [1.54, 1.807) is 0 Å². The molecule has 6 nitrogen and oxygen atoms in total. The van der Waals surface area contributed by atoms with Crippen LogP contribution in [0, 0.1) is 5.53 Å². The molecule has 3 N–H and O–H groups in total. The summed E-state index contributed by atoms with van der Waals surface area (Å²) in [7, 11) is 0. The standard InChI is InChI=1S/C16H18N6/c17-16(19-20-18)14-8-4-5-9-15(14)22-11-10-21(12-22)13-6-2-1-3-7-13/h1-9H,10-12H2,(H3,17,18,19). The van der Waals surface area contributed by atoms with Gasteiger partial charge in [-0.25, -0.2) is 0 Å². The first-order chi connectivity index (χ1) is 10.8. The Morgan fingerprint density at radius 2 is 1.64 bits per heavy atom. The molecule has 112 valence electrons. The Morgan fingerprint density at radius 3 is 2.41 bits per heavy atom. The summed E-state index contributed by atoms with van der Waals surface area (Å²) >= 11 is 0. The molecule has 6 heteroatoms. The van der Waals surface area contributed by atoms with Gasteiger partial charge in [-0.3, -0.25) is 0 Å². The van der Waals surface area contributed by atoms with E-state index >= 15 is 0 Å². The predicted molar refractivity (Wildman–Crippen MR) is 88.3 cm³/mol. The van der Waals surface area contributed by atoms with Crippen LogP contribution in [-0.2, 0) is 0 Å². The third-order valence-electron chi connectivity index (χ3n) is 3.78. The fourth-order valence-corrected chi connectivity index (χ4v) is 2.71. The number of hydrogen-bond donors (Lipinski definition) is 2. The van der Waals surface area contributed by atoms with E-state index in [4.69, 9.17) is 11.3 Å². The van der Waals surface area contributed by atoms with Crippen LogP contribution in [0.2, 0.25) is 0 Å². The summed E-state index contributed by atoms with van der Waals surface area (Å²) in [6.07, 6.45) is 0. The Hall–Kier alpha value is -2.89. The molecular formula is C16H18N6. The van der Waals surface area contributed by atoms with E-state index in [-0.39, 0.29) is 5.84 Å². The molecule has 2 aromatic carbocycles. The van der Waals surface area contributed by atoms with Crippen molar-refractivity contribution in [3.63, 3.8) is 0 Å². The lowest BCUT2D eigenvalue weighted by atomic mass is 10.1. The monoisotopic (exact) mass is 294 g/mol. The molecule has 0 radical (unpaired) electrons. The molecule has 0 unspecified atom stereocenters. The first kappa shape index (κ1) is 14.1. The van der Waals surface area contributed by atoms with E-state index in [1.165, 1.54) is 5.69 Å². The minimum Gasteiger partial charge on any atom is -0.382 e. The molecule has 1 heterocycles. The summed E-state index contributed by atoms with van der Waals surface area (Å²) in [4.78, 5) is 4.58. The van der Waals surface area contributed by atoms with Crippen LogP contribution in [0.15, 0.2) is 64.9 Å². The van der Waals surface area contributed by atoms with Gasteiger partial charge in [0.05, 0.1) is 6.67 Å². The lowest BCUT2D eigenvalue weighted by molar-refractivity contribution is 0.946. The van der Waals surface area contributed by atoms with Gasteiger partial charge < -0.3 is 15.5 Å². The van der Waals surface area contributed by atoms with Gasteiger partial charge in [-0.2, -0.15) is 5.53 Å². The quantitative estimate of drug-likeness (QED) is 0.393. The number of nitrogens with one attached hydrogen (secondary N) is 1. The zero-order valence-corrected chi connectivity index (χ0v) is 12.2. The highest BCUT2D eigenvalue weighted by atomic mass is 15.4. The number of para-hydroxylation sites is 2. The second-order valence-corrected chi connectivity index (χ2v) is 5.11. The molecule has 1 saturated heterocycles. The van der Waals surface area contributed by atoms with Gasteiger partial charge in [0.25, 0.3) is 0 Å². The summed E-state index contributed by atoms with van der Waals surface area (Å²) in [6, 6.07) is 18.2. The topological polar surface area (TPSA) is 81.1 Å². The highest BCUT2D eigenvalue weighted by Gasteiger charge is 2.22. The number of nitrogens with two attached hydrogens (primary N) is 1. The van der Waals surface area contributed by atoms with Crippen molar-refractivity contribution in [2.75, 3.05) is 29.6 Å². The van der Waals surface area contributed by atoms with Gasteiger partial charge in [0.1, 0.15) is 0 Å². The first-order valence-electron chi connectivity index (χ1n) is 7.14. The van der Waals surface area contributed by atoms with Gasteiger partial charge >= 0.3 is 0 Å². The van der Waals surface area contributed by atoms with Crippen LogP contribution in [0.1, 0.15) is 5.56 Å². The Labute approximate surface area is 129 Å². The minimum absolute atomic E-state index is 0.267. The van der Waals surface area contributed by atoms with Crippen LogP contribution in [0.3, 0.4) is 0 Å². The van der Waals surface area contributed by atoms with Crippen molar-refractivity contribution >= 4 is 17.2 Å². The molecule has 0 aromatic heterocycles.